The number of carbonyl (C=O) groups is 1. The number of aromatic nitrogens is 2. The van der Waals surface area contributed by atoms with Crippen LogP contribution in [0.2, 0.25) is 0 Å². The summed E-state index contributed by atoms with van der Waals surface area (Å²) in [5.74, 6) is 1.22. The Hall–Kier alpha value is -3.28. The molecule has 0 saturated carbocycles. The van der Waals surface area contributed by atoms with Gasteiger partial charge in [0.1, 0.15) is 6.61 Å². The van der Waals surface area contributed by atoms with Crippen LogP contribution in [0.3, 0.4) is 0 Å². The summed E-state index contributed by atoms with van der Waals surface area (Å²) in [6.07, 6.45) is 5.54. The van der Waals surface area contributed by atoms with E-state index >= 15 is 0 Å². The van der Waals surface area contributed by atoms with Crippen molar-refractivity contribution < 1.29 is 14.3 Å². The second-order valence-electron chi connectivity index (χ2n) is 7.04. The molecule has 1 atom stereocenters. The summed E-state index contributed by atoms with van der Waals surface area (Å²) < 4.78 is 13.9. The number of pyridine rings is 1. The van der Waals surface area contributed by atoms with Crippen LogP contribution in [0, 0.1) is 0 Å². The SMILES string of the molecule is CCOc1cc(C(=O)N2CCn3cccc3C2C)ccc1OCc1ccncc1. The quantitative estimate of drug-likeness (QED) is 0.635. The number of amides is 1. The smallest absolute Gasteiger partial charge is 0.254 e. The zero-order valence-electron chi connectivity index (χ0n) is 16.7. The van der Waals surface area contributed by atoms with E-state index in [9.17, 15) is 4.79 Å². The molecule has 0 bridgehead atoms. The lowest BCUT2D eigenvalue weighted by Gasteiger charge is -2.35. The summed E-state index contributed by atoms with van der Waals surface area (Å²) in [6, 6.07) is 13.4. The molecule has 3 aromatic rings. The maximum absolute atomic E-state index is 13.2. The molecule has 0 aliphatic carbocycles. The molecule has 4 rings (SSSR count). The van der Waals surface area contributed by atoms with Gasteiger partial charge in [-0.3, -0.25) is 9.78 Å². The Labute approximate surface area is 170 Å². The first-order valence-corrected chi connectivity index (χ1v) is 9.92. The van der Waals surface area contributed by atoms with Crippen LogP contribution in [0.25, 0.3) is 0 Å². The Morgan fingerprint density at radius 2 is 1.93 bits per heavy atom. The molecule has 6 heteroatoms. The largest absolute Gasteiger partial charge is 0.490 e. The van der Waals surface area contributed by atoms with Crippen molar-refractivity contribution >= 4 is 5.91 Å². The van der Waals surface area contributed by atoms with Gasteiger partial charge in [-0.15, -0.1) is 0 Å². The van der Waals surface area contributed by atoms with Gasteiger partial charge in [-0.05, 0) is 61.9 Å². The summed E-state index contributed by atoms with van der Waals surface area (Å²) in [7, 11) is 0. The van der Waals surface area contributed by atoms with Gasteiger partial charge in [-0.2, -0.15) is 0 Å². The van der Waals surface area contributed by atoms with E-state index in [0.29, 0.717) is 36.8 Å². The number of hydrogen-bond donors (Lipinski definition) is 0. The molecule has 29 heavy (non-hydrogen) atoms. The van der Waals surface area contributed by atoms with Crippen molar-refractivity contribution in [2.24, 2.45) is 0 Å². The Balaban J connectivity index is 1.53. The maximum atomic E-state index is 13.2. The Morgan fingerprint density at radius 3 is 2.72 bits per heavy atom. The topological polar surface area (TPSA) is 56.6 Å². The zero-order valence-corrected chi connectivity index (χ0v) is 16.7. The summed E-state index contributed by atoms with van der Waals surface area (Å²) in [5, 5.41) is 0. The predicted octanol–water partition coefficient (Wildman–Crippen LogP) is 4.08. The third-order valence-corrected chi connectivity index (χ3v) is 5.24. The molecular weight excluding hydrogens is 366 g/mol. The van der Waals surface area contributed by atoms with Crippen molar-refractivity contribution in [3.8, 4) is 11.5 Å². The number of benzene rings is 1. The van der Waals surface area contributed by atoms with Gasteiger partial charge in [-0.1, -0.05) is 0 Å². The van der Waals surface area contributed by atoms with Crippen LogP contribution in [-0.2, 0) is 13.2 Å². The highest BCUT2D eigenvalue weighted by Gasteiger charge is 2.28. The van der Waals surface area contributed by atoms with E-state index < -0.39 is 0 Å². The highest BCUT2D eigenvalue weighted by atomic mass is 16.5. The summed E-state index contributed by atoms with van der Waals surface area (Å²) >= 11 is 0. The minimum absolute atomic E-state index is 0.00610. The average Bonchev–Trinajstić information content (AvgIpc) is 3.23. The van der Waals surface area contributed by atoms with Gasteiger partial charge in [0.15, 0.2) is 11.5 Å². The average molecular weight is 391 g/mol. The molecule has 1 aliphatic heterocycles. The summed E-state index contributed by atoms with van der Waals surface area (Å²) in [6.45, 7) is 6.39. The van der Waals surface area contributed by atoms with E-state index in [0.717, 1.165) is 17.8 Å². The number of ether oxygens (including phenoxy) is 2. The van der Waals surface area contributed by atoms with Crippen molar-refractivity contribution in [1.82, 2.24) is 14.5 Å². The van der Waals surface area contributed by atoms with E-state index in [1.165, 1.54) is 0 Å². The van der Waals surface area contributed by atoms with E-state index in [1.807, 2.05) is 42.2 Å². The molecule has 1 amide bonds. The fraction of sp³-hybridized carbons (Fsp3) is 0.304. The van der Waals surface area contributed by atoms with Gasteiger partial charge in [0.25, 0.3) is 5.91 Å². The fourth-order valence-corrected chi connectivity index (χ4v) is 3.69. The Morgan fingerprint density at radius 1 is 1.10 bits per heavy atom. The van der Waals surface area contributed by atoms with E-state index in [1.54, 1.807) is 18.5 Å². The van der Waals surface area contributed by atoms with Crippen molar-refractivity contribution in [3.05, 3.63) is 77.9 Å². The lowest BCUT2D eigenvalue weighted by atomic mass is 10.1. The Bertz CT molecular complexity index is 984. The van der Waals surface area contributed by atoms with E-state index in [4.69, 9.17) is 9.47 Å². The number of hydrogen-bond acceptors (Lipinski definition) is 4. The lowest BCUT2D eigenvalue weighted by Crippen LogP contribution is -2.40. The van der Waals surface area contributed by atoms with Crippen molar-refractivity contribution in [3.63, 3.8) is 0 Å². The van der Waals surface area contributed by atoms with Crippen molar-refractivity contribution in [2.75, 3.05) is 13.2 Å². The summed E-state index contributed by atoms with van der Waals surface area (Å²) in [5.41, 5.74) is 2.79. The summed E-state index contributed by atoms with van der Waals surface area (Å²) in [4.78, 5) is 19.1. The predicted molar refractivity (Wildman–Crippen MR) is 110 cm³/mol. The molecule has 6 nitrogen and oxygen atoms in total. The second-order valence-corrected chi connectivity index (χ2v) is 7.04. The molecule has 1 unspecified atom stereocenters. The number of rotatable bonds is 6. The number of carbonyl (C=O) groups excluding carboxylic acids is 1. The number of fused-ring (bicyclic) bond motifs is 1. The van der Waals surface area contributed by atoms with Crippen molar-refractivity contribution in [1.29, 1.82) is 0 Å². The zero-order chi connectivity index (χ0) is 20.2. The molecule has 0 radical (unpaired) electrons. The van der Waals surface area contributed by atoms with Gasteiger partial charge in [-0.25, -0.2) is 0 Å². The second kappa shape index (κ2) is 8.39. The van der Waals surface area contributed by atoms with E-state index in [-0.39, 0.29) is 11.9 Å². The van der Waals surface area contributed by atoms with Crippen molar-refractivity contribution in [2.45, 2.75) is 33.0 Å². The van der Waals surface area contributed by atoms with Gasteiger partial charge in [0.05, 0.1) is 12.6 Å². The molecule has 0 saturated heterocycles. The molecule has 0 N–H and O–H groups in total. The van der Waals surface area contributed by atoms with Crippen LogP contribution in [-0.4, -0.2) is 33.5 Å². The minimum Gasteiger partial charge on any atom is -0.490 e. The van der Waals surface area contributed by atoms with Gasteiger partial charge < -0.3 is 18.9 Å². The molecule has 150 valence electrons. The molecule has 2 aromatic heterocycles. The number of nitrogens with zero attached hydrogens (tertiary/aromatic N) is 3. The third kappa shape index (κ3) is 3.97. The standard InChI is InChI=1S/C23H25N3O3/c1-3-28-22-15-19(6-7-21(22)29-16-18-8-10-24-11-9-18)23(27)26-14-13-25-12-4-5-20(25)17(26)2/h4-12,15,17H,3,13-14,16H2,1-2H3. The third-order valence-electron chi connectivity index (χ3n) is 5.24. The Kier molecular flexibility index (Phi) is 5.51. The minimum atomic E-state index is 0.00610. The van der Waals surface area contributed by atoms with Crippen LogP contribution in [0.4, 0.5) is 0 Å². The first-order chi connectivity index (χ1) is 14.2. The molecule has 0 spiro atoms. The van der Waals surface area contributed by atoms with Gasteiger partial charge in [0.2, 0.25) is 0 Å². The highest BCUT2D eigenvalue weighted by Crippen LogP contribution is 2.32. The van der Waals surface area contributed by atoms with E-state index in [2.05, 4.69) is 28.7 Å². The molecule has 0 fully saturated rings. The molecule has 1 aromatic carbocycles. The normalized spacial score (nSPS) is 15.7. The molecular formula is C23H25N3O3. The van der Waals surface area contributed by atoms with Gasteiger partial charge >= 0.3 is 0 Å². The molecule has 1 aliphatic rings. The molecule has 3 heterocycles. The maximum Gasteiger partial charge on any atom is 0.254 e. The van der Waals surface area contributed by atoms with Crippen LogP contribution < -0.4 is 9.47 Å². The highest BCUT2D eigenvalue weighted by molar-refractivity contribution is 5.95. The lowest BCUT2D eigenvalue weighted by molar-refractivity contribution is 0.0643. The van der Waals surface area contributed by atoms with Crippen LogP contribution in [0.15, 0.2) is 61.1 Å². The monoisotopic (exact) mass is 391 g/mol. The van der Waals surface area contributed by atoms with Gasteiger partial charge in [0, 0.05) is 42.9 Å². The van der Waals surface area contributed by atoms with Crippen LogP contribution in [0.1, 0.15) is 41.5 Å². The van der Waals surface area contributed by atoms with Crippen LogP contribution in [0.5, 0.6) is 11.5 Å². The first-order valence-electron chi connectivity index (χ1n) is 9.92. The van der Waals surface area contributed by atoms with Crippen LogP contribution >= 0.6 is 0 Å². The fourth-order valence-electron chi connectivity index (χ4n) is 3.69. The first kappa shape index (κ1) is 19.1.